The number of aryl methyl sites for hydroxylation is 2. The van der Waals surface area contributed by atoms with Gasteiger partial charge in [0.1, 0.15) is 0 Å². The van der Waals surface area contributed by atoms with E-state index < -0.39 is 0 Å². The van der Waals surface area contributed by atoms with Crippen molar-refractivity contribution >= 4 is 32.3 Å². The lowest BCUT2D eigenvalue weighted by Gasteiger charge is -2.27. The van der Waals surface area contributed by atoms with Crippen molar-refractivity contribution in [3.8, 4) is 44.5 Å². The summed E-state index contributed by atoms with van der Waals surface area (Å²) in [5.74, 6) is 0. The highest BCUT2D eigenvalue weighted by Crippen LogP contribution is 2.46. The zero-order chi connectivity index (χ0) is 32.4. The van der Waals surface area contributed by atoms with Crippen LogP contribution in [0.25, 0.3) is 76.8 Å². The molecule has 0 fully saturated rings. The SMILES string of the molecule is CC(C)(C)c1cc2c3c(ccc4c(-c5ccc(-c6cccnc6)cc5)cc(-c5ccc(-c6cccc7ccccc67)cc5)c(c43)CC2)c1. The molecule has 7 aromatic carbocycles. The van der Waals surface area contributed by atoms with E-state index in [1.165, 1.54) is 88.0 Å². The van der Waals surface area contributed by atoms with Crippen LogP contribution in [0.3, 0.4) is 0 Å². The van der Waals surface area contributed by atoms with Crippen molar-refractivity contribution in [2.45, 2.75) is 39.0 Å². The van der Waals surface area contributed by atoms with E-state index in [0.29, 0.717) is 0 Å². The van der Waals surface area contributed by atoms with Crippen LogP contribution in [-0.2, 0) is 18.3 Å². The van der Waals surface area contributed by atoms with Gasteiger partial charge in [0.15, 0.2) is 0 Å². The molecule has 0 N–H and O–H groups in total. The Bertz CT molecular complexity index is 2490. The summed E-state index contributed by atoms with van der Waals surface area (Å²) in [6, 6.07) is 49.8. The highest BCUT2D eigenvalue weighted by atomic mass is 14.6. The Hall–Kier alpha value is -5.53. The number of fused-ring (bicyclic) bond motifs is 1. The summed E-state index contributed by atoms with van der Waals surface area (Å²) in [5.41, 5.74) is 14.5. The third kappa shape index (κ3) is 4.73. The summed E-state index contributed by atoms with van der Waals surface area (Å²) in [6.07, 6.45) is 5.86. The van der Waals surface area contributed by atoms with Crippen molar-refractivity contribution in [2.75, 3.05) is 0 Å². The monoisotopic (exact) mass is 615 g/mol. The summed E-state index contributed by atoms with van der Waals surface area (Å²) in [6.45, 7) is 6.97. The molecule has 48 heavy (non-hydrogen) atoms. The molecule has 1 aromatic heterocycles. The maximum absolute atomic E-state index is 4.34. The third-order valence-corrected chi connectivity index (χ3v) is 10.4. The Morgan fingerprint density at radius 3 is 1.94 bits per heavy atom. The number of hydrogen-bond donors (Lipinski definition) is 0. The largest absolute Gasteiger partial charge is 0.264 e. The predicted octanol–water partition coefficient (Wildman–Crippen LogP) is 12.6. The number of nitrogens with zero attached hydrogens (tertiary/aromatic N) is 1. The van der Waals surface area contributed by atoms with Gasteiger partial charge < -0.3 is 0 Å². The van der Waals surface area contributed by atoms with Gasteiger partial charge in [-0.1, -0.05) is 142 Å². The molecule has 0 saturated heterocycles. The van der Waals surface area contributed by atoms with E-state index in [4.69, 9.17) is 0 Å². The topological polar surface area (TPSA) is 12.9 Å². The molecule has 0 radical (unpaired) electrons. The minimum atomic E-state index is 0.106. The van der Waals surface area contributed by atoms with Crippen LogP contribution in [0.5, 0.6) is 0 Å². The van der Waals surface area contributed by atoms with Gasteiger partial charge in [-0.2, -0.15) is 0 Å². The Balaban J connectivity index is 1.26. The Morgan fingerprint density at radius 2 is 1.19 bits per heavy atom. The first-order chi connectivity index (χ1) is 23.4. The van der Waals surface area contributed by atoms with E-state index in [1.54, 1.807) is 0 Å². The second kappa shape index (κ2) is 11.0. The molecule has 0 atom stereocenters. The van der Waals surface area contributed by atoms with Gasteiger partial charge in [0.2, 0.25) is 0 Å². The Kier molecular flexibility index (Phi) is 6.59. The lowest BCUT2D eigenvalue weighted by Crippen LogP contribution is -2.13. The van der Waals surface area contributed by atoms with Gasteiger partial charge in [-0.05, 0) is 124 Å². The van der Waals surface area contributed by atoms with Crippen LogP contribution < -0.4 is 0 Å². The first-order valence-electron chi connectivity index (χ1n) is 17.1. The van der Waals surface area contributed by atoms with Crippen LogP contribution in [0.1, 0.15) is 37.5 Å². The molecule has 0 bridgehead atoms. The molecule has 0 spiro atoms. The lowest BCUT2D eigenvalue weighted by atomic mass is 9.77. The first kappa shape index (κ1) is 28.7. The van der Waals surface area contributed by atoms with E-state index in [2.05, 4.69) is 153 Å². The summed E-state index contributed by atoms with van der Waals surface area (Å²) < 4.78 is 0. The summed E-state index contributed by atoms with van der Waals surface area (Å²) in [4.78, 5) is 4.34. The highest BCUT2D eigenvalue weighted by molar-refractivity contribution is 6.17. The van der Waals surface area contributed by atoms with Gasteiger partial charge in [-0.3, -0.25) is 4.98 Å². The fourth-order valence-corrected chi connectivity index (χ4v) is 7.86. The third-order valence-electron chi connectivity index (χ3n) is 10.4. The molecule has 230 valence electrons. The molecule has 1 aliphatic carbocycles. The fourth-order valence-electron chi connectivity index (χ4n) is 7.86. The summed E-state index contributed by atoms with van der Waals surface area (Å²) in [7, 11) is 0. The second-order valence-electron chi connectivity index (χ2n) is 14.3. The van der Waals surface area contributed by atoms with Gasteiger partial charge in [0, 0.05) is 12.4 Å². The molecule has 0 aliphatic heterocycles. The number of benzene rings is 7. The van der Waals surface area contributed by atoms with Gasteiger partial charge in [0.25, 0.3) is 0 Å². The molecule has 0 amide bonds. The van der Waals surface area contributed by atoms with Crippen LogP contribution in [0, 0.1) is 0 Å². The van der Waals surface area contributed by atoms with Crippen LogP contribution in [-0.4, -0.2) is 4.98 Å². The van der Waals surface area contributed by atoms with Crippen LogP contribution in [0.15, 0.2) is 146 Å². The van der Waals surface area contributed by atoms with E-state index in [-0.39, 0.29) is 5.41 Å². The number of rotatable bonds is 4. The molecule has 1 nitrogen and oxygen atoms in total. The normalized spacial score (nSPS) is 12.7. The van der Waals surface area contributed by atoms with Crippen LogP contribution in [0.2, 0.25) is 0 Å². The zero-order valence-corrected chi connectivity index (χ0v) is 27.7. The average molecular weight is 616 g/mol. The minimum absolute atomic E-state index is 0.106. The van der Waals surface area contributed by atoms with Crippen molar-refractivity contribution in [3.63, 3.8) is 0 Å². The average Bonchev–Trinajstić information content (AvgIpc) is 3.13. The molecule has 1 aliphatic rings. The quantitative estimate of drug-likeness (QED) is 0.180. The minimum Gasteiger partial charge on any atom is -0.264 e. The van der Waals surface area contributed by atoms with Gasteiger partial charge >= 0.3 is 0 Å². The summed E-state index contributed by atoms with van der Waals surface area (Å²) in [5, 5.41) is 8.12. The van der Waals surface area contributed by atoms with Crippen LogP contribution >= 0.6 is 0 Å². The maximum atomic E-state index is 4.34. The zero-order valence-electron chi connectivity index (χ0n) is 27.7. The molecule has 9 rings (SSSR count). The molecule has 0 saturated carbocycles. The lowest BCUT2D eigenvalue weighted by molar-refractivity contribution is 0.590. The second-order valence-corrected chi connectivity index (χ2v) is 14.3. The van der Waals surface area contributed by atoms with Crippen molar-refractivity contribution in [3.05, 3.63) is 163 Å². The standard InChI is InChI=1S/C47H37N/c1-47(2,3)38-26-35-21-23-41-43(33-15-13-30(14-16-33)37-10-7-25-48-29-37)28-44(42-24-22-36(27-38)45(35)46(41)42)34-19-17-32(18-20-34)40-12-6-9-31-8-4-5-11-39(31)40/h4-21,23,25-29H,22,24H2,1-3H3. The molecule has 1 heteroatoms. The number of aromatic nitrogens is 1. The maximum Gasteiger partial charge on any atom is 0.0346 e. The van der Waals surface area contributed by atoms with Crippen molar-refractivity contribution < 1.29 is 0 Å². The Morgan fingerprint density at radius 1 is 0.479 bits per heavy atom. The van der Waals surface area contributed by atoms with E-state index >= 15 is 0 Å². The molecule has 1 heterocycles. The van der Waals surface area contributed by atoms with Gasteiger partial charge in [0.05, 0.1) is 0 Å². The van der Waals surface area contributed by atoms with Crippen molar-refractivity contribution in [1.29, 1.82) is 0 Å². The smallest absolute Gasteiger partial charge is 0.0346 e. The molecular weight excluding hydrogens is 579 g/mol. The highest BCUT2D eigenvalue weighted by Gasteiger charge is 2.24. The fraction of sp³-hybridized carbons (Fsp3) is 0.128. The predicted molar refractivity (Wildman–Crippen MR) is 205 cm³/mol. The molecule has 0 unspecified atom stereocenters. The van der Waals surface area contributed by atoms with E-state index in [1.807, 2.05) is 18.5 Å². The van der Waals surface area contributed by atoms with E-state index in [9.17, 15) is 0 Å². The van der Waals surface area contributed by atoms with Crippen molar-refractivity contribution in [2.24, 2.45) is 0 Å². The molecular formula is C47H37N. The summed E-state index contributed by atoms with van der Waals surface area (Å²) >= 11 is 0. The number of pyridine rings is 1. The van der Waals surface area contributed by atoms with Gasteiger partial charge in [-0.15, -0.1) is 0 Å². The molecule has 8 aromatic rings. The van der Waals surface area contributed by atoms with Crippen LogP contribution in [0.4, 0.5) is 0 Å². The van der Waals surface area contributed by atoms with Crippen molar-refractivity contribution in [1.82, 2.24) is 4.98 Å². The number of hydrogen-bond acceptors (Lipinski definition) is 1. The van der Waals surface area contributed by atoms with Gasteiger partial charge in [-0.25, -0.2) is 0 Å². The van der Waals surface area contributed by atoms with E-state index in [0.717, 1.165) is 18.4 Å². The first-order valence-corrected chi connectivity index (χ1v) is 17.1. The Labute approximate surface area is 282 Å².